The summed E-state index contributed by atoms with van der Waals surface area (Å²) in [6, 6.07) is 7.48. The highest BCUT2D eigenvalue weighted by atomic mass is 16.6. The standard InChI is InChI=1S/C13H13N3O4/c1-20-13-5-2-9(8-15-13)7-14-11-4-3-10(17)6-12(11)16(18)19/h2-6,8,14,17H,7H2,1H3. The number of methoxy groups -OCH3 is 1. The van der Waals surface area contributed by atoms with Gasteiger partial charge in [-0.15, -0.1) is 0 Å². The monoisotopic (exact) mass is 275 g/mol. The molecule has 0 aliphatic heterocycles. The highest BCUT2D eigenvalue weighted by molar-refractivity contribution is 5.63. The smallest absolute Gasteiger partial charge is 0.296 e. The van der Waals surface area contributed by atoms with Crippen molar-refractivity contribution in [3.63, 3.8) is 0 Å². The van der Waals surface area contributed by atoms with Crippen LogP contribution in [0.5, 0.6) is 11.6 Å². The minimum Gasteiger partial charge on any atom is -0.508 e. The molecule has 0 spiro atoms. The number of nitrogens with zero attached hydrogens (tertiary/aromatic N) is 2. The summed E-state index contributed by atoms with van der Waals surface area (Å²) in [6.45, 7) is 0.378. The molecular weight excluding hydrogens is 262 g/mol. The predicted molar refractivity (Wildman–Crippen MR) is 72.9 cm³/mol. The molecule has 2 rings (SSSR count). The Kier molecular flexibility index (Phi) is 3.99. The van der Waals surface area contributed by atoms with Gasteiger partial charge in [0, 0.05) is 18.8 Å². The number of hydrogen-bond acceptors (Lipinski definition) is 6. The van der Waals surface area contributed by atoms with E-state index in [0.29, 0.717) is 18.1 Å². The van der Waals surface area contributed by atoms with Crippen LogP contribution in [0.1, 0.15) is 5.56 Å². The van der Waals surface area contributed by atoms with E-state index in [0.717, 1.165) is 11.6 Å². The van der Waals surface area contributed by atoms with Crippen LogP contribution in [0.2, 0.25) is 0 Å². The number of aromatic hydroxyl groups is 1. The van der Waals surface area contributed by atoms with Crippen LogP contribution >= 0.6 is 0 Å². The zero-order valence-corrected chi connectivity index (χ0v) is 10.7. The molecule has 0 bridgehead atoms. The van der Waals surface area contributed by atoms with Crippen LogP contribution in [0.15, 0.2) is 36.5 Å². The molecular formula is C13H13N3O4. The molecule has 7 heteroatoms. The molecule has 0 fully saturated rings. The number of hydrogen-bond donors (Lipinski definition) is 2. The van der Waals surface area contributed by atoms with Crippen LogP contribution in [0.25, 0.3) is 0 Å². The van der Waals surface area contributed by atoms with Gasteiger partial charge in [-0.3, -0.25) is 10.1 Å². The van der Waals surface area contributed by atoms with Gasteiger partial charge in [-0.2, -0.15) is 0 Å². The van der Waals surface area contributed by atoms with Gasteiger partial charge in [-0.1, -0.05) is 6.07 Å². The molecule has 20 heavy (non-hydrogen) atoms. The maximum atomic E-state index is 10.9. The predicted octanol–water partition coefficient (Wildman–Crippen LogP) is 2.32. The van der Waals surface area contributed by atoms with Crippen molar-refractivity contribution in [3.8, 4) is 11.6 Å². The molecule has 0 unspecified atom stereocenters. The highest BCUT2D eigenvalue weighted by Crippen LogP contribution is 2.28. The number of aromatic nitrogens is 1. The average Bonchev–Trinajstić information content (AvgIpc) is 2.46. The fourth-order valence-electron chi connectivity index (χ4n) is 1.65. The summed E-state index contributed by atoms with van der Waals surface area (Å²) in [5, 5.41) is 23.1. The number of benzene rings is 1. The number of nitro groups is 1. The van der Waals surface area contributed by atoms with Crippen molar-refractivity contribution >= 4 is 11.4 Å². The molecule has 2 N–H and O–H groups in total. The Labute approximate surface area is 115 Å². The molecule has 0 saturated carbocycles. The first-order valence-corrected chi connectivity index (χ1v) is 5.80. The molecule has 104 valence electrons. The van der Waals surface area contributed by atoms with Crippen molar-refractivity contribution < 1.29 is 14.8 Å². The van der Waals surface area contributed by atoms with Gasteiger partial charge in [0.1, 0.15) is 11.4 Å². The third kappa shape index (κ3) is 3.14. The number of nitrogens with one attached hydrogen (secondary N) is 1. The van der Waals surface area contributed by atoms with Crippen LogP contribution in [0.4, 0.5) is 11.4 Å². The summed E-state index contributed by atoms with van der Waals surface area (Å²) in [5.41, 5.74) is 1.02. The van der Waals surface area contributed by atoms with Gasteiger partial charge in [-0.25, -0.2) is 4.98 Å². The fraction of sp³-hybridized carbons (Fsp3) is 0.154. The Bertz CT molecular complexity index is 614. The van der Waals surface area contributed by atoms with E-state index < -0.39 is 4.92 Å². The van der Waals surface area contributed by atoms with Gasteiger partial charge in [0.05, 0.1) is 18.1 Å². The number of nitro benzene ring substituents is 1. The Morgan fingerprint density at radius 1 is 1.40 bits per heavy atom. The lowest BCUT2D eigenvalue weighted by atomic mass is 10.2. The SMILES string of the molecule is COc1ccc(CNc2ccc(O)cc2[N+](=O)[O-])cn1. The van der Waals surface area contributed by atoms with Gasteiger partial charge in [0.15, 0.2) is 0 Å². The first-order valence-electron chi connectivity index (χ1n) is 5.80. The minimum atomic E-state index is -0.547. The van der Waals surface area contributed by atoms with Crippen molar-refractivity contribution in [1.82, 2.24) is 4.98 Å². The maximum absolute atomic E-state index is 10.9. The summed E-state index contributed by atoms with van der Waals surface area (Å²) >= 11 is 0. The zero-order valence-electron chi connectivity index (χ0n) is 10.7. The van der Waals surface area contributed by atoms with E-state index in [-0.39, 0.29) is 11.4 Å². The van der Waals surface area contributed by atoms with Crippen molar-refractivity contribution in [1.29, 1.82) is 0 Å². The van der Waals surface area contributed by atoms with E-state index in [1.165, 1.54) is 19.2 Å². The first kappa shape index (κ1) is 13.6. The molecule has 1 heterocycles. The normalized spacial score (nSPS) is 10.1. The molecule has 1 aromatic heterocycles. The molecule has 0 radical (unpaired) electrons. The lowest BCUT2D eigenvalue weighted by Gasteiger charge is -2.07. The fourth-order valence-corrected chi connectivity index (χ4v) is 1.65. The second-order valence-corrected chi connectivity index (χ2v) is 4.02. The molecule has 0 aliphatic rings. The second-order valence-electron chi connectivity index (χ2n) is 4.02. The molecule has 0 aliphatic carbocycles. The molecule has 0 atom stereocenters. The Morgan fingerprint density at radius 3 is 2.80 bits per heavy atom. The van der Waals surface area contributed by atoms with Gasteiger partial charge < -0.3 is 15.2 Å². The topological polar surface area (TPSA) is 97.5 Å². The van der Waals surface area contributed by atoms with Gasteiger partial charge in [-0.05, 0) is 17.7 Å². The summed E-state index contributed by atoms with van der Waals surface area (Å²) in [5.74, 6) is 0.359. The summed E-state index contributed by atoms with van der Waals surface area (Å²) in [4.78, 5) is 14.4. The van der Waals surface area contributed by atoms with Crippen molar-refractivity contribution in [2.75, 3.05) is 12.4 Å². The van der Waals surface area contributed by atoms with Crippen LogP contribution in [-0.2, 0) is 6.54 Å². The summed E-state index contributed by atoms with van der Waals surface area (Å²) in [6.07, 6.45) is 1.62. The van der Waals surface area contributed by atoms with E-state index in [1.54, 1.807) is 12.3 Å². The molecule has 7 nitrogen and oxygen atoms in total. The Balaban J connectivity index is 2.12. The molecule has 0 saturated heterocycles. The summed E-state index contributed by atoms with van der Waals surface area (Å²) in [7, 11) is 1.53. The third-order valence-corrected chi connectivity index (χ3v) is 2.67. The van der Waals surface area contributed by atoms with E-state index in [9.17, 15) is 15.2 Å². The highest BCUT2D eigenvalue weighted by Gasteiger charge is 2.14. The Morgan fingerprint density at radius 2 is 2.20 bits per heavy atom. The number of rotatable bonds is 5. The number of ether oxygens (including phenoxy) is 1. The Hall–Kier alpha value is -2.83. The number of anilines is 1. The molecule has 2 aromatic rings. The van der Waals surface area contributed by atoms with Crippen molar-refractivity contribution in [2.45, 2.75) is 6.54 Å². The average molecular weight is 275 g/mol. The van der Waals surface area contributed by atoms with E-state index >= 15 is 0 Å². The van der Waals surface area contributed by atoms with Gasteiger partial charge in [0.2, 0.25) is 5.88 Å². The lowest BCUT2D eigenvalue weighted by molar-refractivity contribution is -0.384. The van der Waals surface area contributed by atoms with Gasteiger partial charge >= 0.3 is 0 Å². The van der Waals surface area contributed by atoms with Crippen LogP contribution in [-0.4, -0.2) is 22.1 Å². The number of phenolic OH excluding ortho intramolecular Hbond substituents is 1. The van der Waals surface area contributed by atoms with Gasteiger partial charge in [0.25, 0.3) is 5.69 Å². The van der Waals surface area contributed by atoms with Crippen molar-refractivity contribution in [2.24, 2.45) is 0 Å². The van der Waals surface area contributed by atoms with E-state index in [4.69, 9.17) is 4.74 Å². The molecule has 0 amide bonds. The van der Waals surface area contributed by atoms with Crippen LogP contribution in [0.3, 0.4) is 0 Å². The van der Waals surface area contributed by atoms with Crippen molar-refractivity contribution in [3.05, 3.63) is 52.2 Å². The minimum absolute atomic E-state index is 0.145. The zero-order chi connectivity index (χ0) is 14.5. The second kappa shape index (κ2) is 5.87. The number of phenols is 1. The van der Waals surface area contributed by atoms with E-state index in [2.05, 4.69) is 10.3 Å². The van der Waals surface area contributed by atoms with Crippen LogP contribution in [0, 0.1) is 10.1 Å². The van der Waals surface area contributed by atoms with Crippen LogP contribution < -0.4 is 10.1 Å². The molecule has 1 aromatic carbocycles. The first-order chi connectivity index (χ1) is 9.60. The third-order valence-electron chi connectivity index (χ3n) is 2.67. The number of pyridine rings is 1. The largest absolute Gasteiger partial charge is 0.508 e. The quantitative estimate of drug-likeness (QED) is 0.493. The maximum Gasteiger partial charge on any atom is 0.296 e. The van der Waals surface area contributed by atoms with E-state index in [1.807, 2.05) is 6.07 Å². The lowest BCUT2D eigenvalue weighted by Crippen LogP contribution is -2.03. The summed E-state index contributed by atoms with van der Waals surface area (Å²) < 4.78 is 4.95.